The molecule has 0 bridgehead atoms. The number of carbonyl (C=O) groups is 2. The Morgan fingerprint density at radius 2 is 1.80 bits per heavy atom. The van der Waals surface area contributed by atoms with E-state index in [1.54, 1.807) is 0 Å². The summed E-state index contributed by atoms with van der Waals surface area (Å²) in [7, 11) is -4.00. The first kappa shape index (κ1) is 8.89. The molecule has 0 heterocycles. The quantitative estimate of drug-likeness (QED) is 0.381. The summed E-state index contributed by atoms with van der Waals surface area (Å²) >= 11 is 0. The van der Waals surface area contributed by atoms with Crippen LogP contribution in [-0.2, 0) is 23.9 Å². The minimum Gasteiger partial charge on any atom is -0.473 e. The van der Waals surface area contributed by atoms with Crippen LogP contribution >= 0.6 is 0 Å². The molecule has 0 atom stereocenters. The van der Waals surface area contributed by atoms with E-state index >= 15 is 0 Å². The molecule has 0 radical (unpaired) electrons. The van der Waals surface area contributed by atoms with Crippen LogP contribution in [0.1, 0.15) is 0 Å². The Labute approximate surface area is 56.5 Å². The van der Waals surface area contributed by atoms with Gasteiger partial charge in [-0.25, -0.2) is 9.59 Å². The van der Waals surface area contributed by atoms with Gasteiger partial charge in [0, 0.05) is 0 Å². The second-order valence-corrected chi connectivity index (χ2v) is 2.95. The predicted molar refractivity (Wildman–Crippen MR) is 28.6 cm³/mol. The first-order valence-corrected chi connectivity index (χ1v) is 3.81. The van der Waals surface area contributed by atoms with Crippen LogP contribution in [0.2, 0.25) is 0 Å². The molecule has 0 rings (SSSR count). The van der Waals surface area contributed by atoms with E-state index in [2.05, 4.69) is 4.18 Å². The first-order valence-electron chi connectivity index (χ1n) is 1.99. The lowest BCUT2D eigenvalue weighted by Gasteiger charge is -1.93. The zero-order valence-corrected chi connectivity index (χ0v) is 5.71. The second-order valence-electron chi connectivity index (χ2n) is 1.38. The highest BCUT2D eigenvalue weighted by Crippen LogP contribution is 1.86. The lowest BCUT2D eigenvalue weighted by Crippen LogP contribution is -2.19. The highest BCUT2D eigenvalue weighted by atomic mass is 32.2. The number of aliphatic carboxylic acids is 1. The minimum atomic E-state index is -4.00. The molecule has 1 N–H and O–H groups in total. The number of rotatable bonds is 1. The molecule has 0 spiro atoms. The maximum Gasteiger partial charge on any atom is 0.432 e. The highest BCUT2D eigenvalue weighted by Gasteiger charge is 2.18. The van der Waals surface area contributed by atoms with Gasteiger partial charge in [-0.2, -0.15) is 8.42 Å². The highest BCUT2D eigenvalue weighted by molar-refractivity contribution is 7.86. The average molecular weight is 168 g/mol. The number of hydrogen-bond acceptors (Lipinski definition) is 5. The SMILES string of the molecule is CS(=O)(=O)OC(=O)C(=O)O. The van der Waals surface area contributed by atoms with E-state index in [9.17, 15) is 18.0 Å². The van der Waals surface area contributed by atoms with Gasteiger partial charge in [0.1, 0.15) is 0 Å². The first-order chi connectivity index (χ1) is 4.33. The number of carboxylic acids is 1. The maximum absolute atomic E-state index is 10.0. The van der Waals surface area contributed by atoms with Gasteiger partial charge in [-0.1, -0.05) is 0 Å². The molecule has 0 aromatic rings. The summed E-state index contributed by atoms with van der Waals surface area (Å²) in [6.45, 7) is 0. The van der Waals surface area contributed by atoms with Crippen molar-refractivity contribution in [2.45, 2.75) is 0 Å². The van der Waals surface area contributed by atoms with Gasteiger partial charge in [-0.3, -0.25) is 0 Å². The zero-order chi connectivity index (χ0) is 8.36. The molecule has 10 heavy (non-hydrogen) atoms. The Morgan fingerprint density at radius 1 is 1.40 bits per heavy atom. The fraction of sp³-hybridized carbons (Fsp3) is 0.333. The fourth-order valence-corrected chi connectivity index (χ4v) is 0.519. The van der Waals surface area contributed by atoms with Crippen LogP contribution in [0, 0.1) is 0 Å². The van der Waals surface area contributed by atoms with Gasteiger partial charge in [0.25, 0.3) is 0 Å². The van der Waals surface area contributed by atoms with Crippen molar-refractivity contribution in [3.8, 4) is 0 Å². The van der Waals surface area contributed by atoms with Gasteiger partial charge in [-0.15, -0.1) is 0 Å². The topological polar surface area (TPSA) is 97.7 Å². The summed E-state index contributed by atoms with van der Waals surface area (Å²) in [5.41, 5.74) is 0. The molecular formula is C3H4O6S. The molecule has 6 nitrogen and oxygen atoms in total. The number of carboxylic acid groups (broad SMARTS) is 1. The summed E-state index contributed by atoms with van der Waals surface area (Å²) in [4.78, 5) is 19.6. The van der Waals surface area contributed by atoms with E-state index in [-0.39, 0.29) is 0 Å². The monoisotopic (exact) mass is 168 g/mol. The van der Waals surface area contributed by atoms with Gasteiger partial charge < -0.3 is 9.29 Å². The van der Waals surface area contributed by atoms with Gasteiger partial charge in [0.15, 0.2) is 0 Å². The van der Waals surface area contributed by atoms with Crippen LogP contribution in [0.3, 0.4) is 0 Å². The standard InChI is InChI=1S/C3H4O6S/c1-10(7,8)9-3(6)2(4)5/h1H3,(H,4,5). The zero-order valence-electron chi connectivity index (χ0n) is 4.90. The van der Waals surface area contributed by atoms with Crippen molar-refractivity contribution in [2.24, 2.45) is 0 Å². The van der Waals surface area contributed by atoms with Crippen molar-refractivity contribution in [2.75, 3.05) is 6.26 Å². The van der Waals surface area contributed by atoms with Gasteiger partial charge >= 0.3 is 22.1 Å². The van der Waals surface area contributed by atoms with Crippen LogP contribution in [0.25, 0.3) is 0 Å². The smallest absolute Gasteiger partial charge is 0.432 e. The van der Waals surface area contributed by atoms with Gasteiger partial charge in [-0.05, 0) is 0 Å². The van der Waals surface area contributed by atoms with Crippen molar-refractivity contribution in [3.05, 3.63) is 0 Å². The van der Waals surface area contributed by atoms with Crippen LogP contribution in [0.4, 0.5) is 0 Å². The number of carbonyl (C=O) groups excluding carboxylic acids is 1. The van der Waals surface area contributed by atoms with E-state index in [4.69, 9.17) is 5.11 Å². The Bertz CT molecular complexity index is 248. The van der Waals surface area contributed by atoms with Crippen LogP contribution in [0.5, 0.6) is 0 Å². The van der Waals surface area contributed by atoms with Crippen molar-refractivity contribution < 1.29 is 27.3 Å². The van der Waals surface area contributed by atoms with Crippen LogP contribution in [-0.4, -0.2) is 31.7 Å². The largest absolute Gasteiger partial charge is 0.473 e. The van der Waals surface area contributed by atoms with E-state index in [1.807, 2.05) is 0 Å². The van der Waals surface area contributed by atoms with Crippen molar-refractivity contribution in [1.82, 2.24) is 0 Å². The van der Waals surface area contributed by atoms with Gasteiger partial charge in [0.05, 0.1) is 6.26 Å². The molecule has 0 amide bonds. The maximum atomic E-state index is 10.0. The molecule has 58 valence electrons. The van der Waals surface area contributed by atoms with E-state index in [0.29, 0.717) is 6.26 Å². The van der Waals surface area contributed by atoms with E-state index < -0.39 is 22.1 Å². The molecule has 0 aliphatic carbocycles. The number of hydrogen-bond donors (Lipinski definition) is 1. The lowest BCUT2D eigenvalue weighted by molar-refractivity contribution is -0.157. The molecule has 0 fully saturated rings. The molecule has 0 aromatic heterocycles. The molecule has 0 aliphatic heterocycles. The molecule has 0 saturated heterocycles. The molecule has 0 aliphatic rings. The average Bonchev–Trinajstić information content (AvgIpc) is 1.60. The van der Waals surface area contributed by atoms with E-state index in [0.717, 1.165) is 0 Å². The third-order valence-corrected chi connectivity index (χ3v) is 0.856. The fourth-order valence-electron chi connectivity index (χ4n) is 0.173. The van der Waals surface area contributed by atoms with Crippen molar-refractivity contribution >= 4 is 22.1 Å². The minimum absolute atomic E-state index is 0.577. The third-order valence-electron chi connectivity index (χ3n) is 0.402. The van der Waals surface area contributed by atoms with Crippen LogP contribution < -0.4 is 0 Å². The molecular weight excluding hydrogens is 164 g/mol. The summed E-state index contributed by atoms with van der Waals surface area (Å²) in [5, 5.41) is 7.81. The normalized spacial score (nSPS) is 10.5. The van der Waals surface area contributed by atoms with Crippen LogP contribution in [0.15, 0.2) is 0 Å². The molecule has 7 heteroatoms. The Hall–Kier alpha value is -1.11. The third kappa shape index (κ3) is 3.84. The van der Waals surface area contributed by atoms with Crippen molar-refractivity contribution in [1.29, 1.82) is 0 Å². The Balaban J connectivity index is 4.21. The lowest BCUT2D eigenvalue weighted by atomic mass is 10.7. The summed E-state index contributed by atoms with van der Waals surface area (Å²) in [6, 6.07) is 0. The second kappa shape index (κ2) is 2.65. The molecule has 0 aromatic carbocycles. The summed E-state index contributed by atoms with van der Waals surface area (Å²) in [5.74, 6) is -3.74. The molecule has 0 unspecified atom stereocenters. The van der Waals surface area contributed by atoms with E-state index in [1.165, 1.54) is 0 Å². The Kier molecular flexibility index (Phi) is 2.36. The predicted octanol–water partition coefficient (Wildman–Crippen LogP) is -1.43. The van der Waals surface area contributed by atoms with Crippen molar-refractivity contribution in [3.63, 3.8) is 0 Å². The van der Waals surface area contributed by atoms with Gasteiger partial charge in [0.2, 0.25) is 0 Å². The summed E-state index contributed by atoms with van der Waals surface area (Å²) < 4.78 is 23.5. The summed E-state index contributed by atoms with van der Waals surface area (Å²) in [6.07, 6.45) is 0.577. The molecule has 0 saturated carbocycles. The Morgan fingerprint density at radius 3 is 1.90 bits per heavy atom.